The van der Waals surface area contributed by atoms with E-state index in [1.165, 1.54) is 29.3 Å². The van der Waals surface area contributed by atoms with Gasteiger partial charge in [-0.3, -0.25) is 4.79 Å². The van der Waals surface area contributed by atoms with E-state index in [1.807, 2.05) is 36.4 Å². The van der Waals surface area contributed by atoms with Gasteiger partial charge >= 0.3 is 0 Å². The lowest BCUT2D eigenvalue weighted by molar-refractivity contribution is 0.0990. The number of carbonyl (C=O) groups excluding carboxylic acids is 1. The second-order valence-electron chi connectivity index (χ2n) is 11.0. The first-order valence-corrected chi connectivity index (χ1v) is 14.1. The van der Waals surface area contributed by atoms with E-state index in [0.717, 1.165) is 36.8 Å². The first-order chi connectivity index (χ1) is 19.7. The predicted octanol–water partition coefficient (Wildman–Crippen LogP) is 8.52. The molecule has 0 unspecified atom stereocenters. The van der Waals surface area contributed by atoms with Crippen molar-refractivity contribution < 1.29 is 20.1 Å². The number of allylic oxidation sites excluding steroid dienone is 5. The summed E-state index contributed by atoms with van der Waals surface area (Å²) in [6.07, 6.45) is 10.4. The molecule has 1 aliphatic heterocycles. The summed E-state index contributed by atoms with van der Waals surface area (Å²) >= 11 is 0. The van der Waals surface area contributed by atoms with Crippen molar-refractivity contribution in [2.75, 3.05) is 16.3 Å². The molecule has 41 heavy (non-hydrogen) atoms. The molecule has 0 saturated carbocycles. The molecule has 3 N–H and O–H groups in total. The summed E-state index contributed by atoms with van der Waals surface area (Å²) in [6.45, 7) is 9.00. The zero-order valence-electron chi connectivity index (χ0n) is 24.4. The number of phenolic OH excluding ortho intramolecular Hbond substituents is 3. The molecule has 0 spiro atoms. The van der Waals surface area contributed by atoms with Crippen LogP contribution in [0.3, 0.4) is 0 Å². The summed E-state index contributed by atoms with van der Waals surface area (Å²) < 4.78 is 0. The average molecular weight is 553 g/mol. The molecular formula is C35H40N2O4. The van der Waals surface area contributed by atoms with E-state index in [-0.39, 0.29) is 29.7 Å². The summed E-state index contributed by atoms with van der Waals surface area (Å²) in [5.41, 5.74) is 6.13. The van der Waals surface area contributed by atoms with Crippen LogP contribution in [0.15, 0.2) is 95.6 Å². The molecule has 0 atom stereocenters. The lowest BCUT2D eigenvalue weighted by Crippen LogP contribution is -2.30. The monoisotopic (exact) mass is 552 g/mol. The fourth-order valence-electron chi connectivity index (χ4n) is 5.12. The Morgan fingerprint density at radius 1 is 0.732 bits per heavy atom. The van der Waals surface area contributed by atoms with Crippen molar-refractivity contribution in [2.24, 2.45) is 0 Å². The number of carbonyl (C=O) groups is 1. The average Bonchev–Trinajstić information content (AvgIpc) is 3.01. The Bertz CT molecular complexity index is 1480. The number of phenols is 3. The molecule has 1 amide bonds. The summed E-state index contributed by atoms with van der Waals surface area (Å²) in [5, 5.41) is 32.6. The molecule has 6 heteroatoms. The maximum atomic E-state index is 14.0. The van der Waals surface area contributed by atoms with Crippen LogP contribution in [-0.2, 0) is 6.54 Å². The van der Waals surface area contributed by atoms with Gasteiger partial charge in [-0.25, -0.2) is 0 Å². The van der Waals surface area contributed by atoms with E-state index >= 15 is 0 Å². The number of anilines is 3. The van der Waals surface area contributed by atoms with Crippen molar-refractivity contribution in [1.82, 2.24) is 0 Å². The third-order valence-corrected chi connectivity index (χ3v) is 7.30. The lowest BCUT2D eigenvalue weighted by Gasteiger charge is -2.28. The number of hydrogen-bond donors (Lipinski definition) is 3. The Morgan fingerprint density at radius 3 is 2.12 bits per heavy atom. The van der Waals surface area contributed by atoms with Gasteiger partial charge in [-0.2, -0.15) is 0 Å². The van der Waals surface area contributed by atoms with E-state index in [1.54, 1.807) is 21.9 Å². The Kier molecular flexibility index (Phi) is 9.56. The van der Waals surface area contributed by atoms with E-state index in [9.17, 15) is 20.1 Å². The van der Waals surface area contributed by atoms with Crippen LogP contribution >= 0.6 is 0 Å². The first kappa shape index (κ1) is 29.5. The maximum Gasteiger partial charge on any atom is 0.260 e. The predicted molar refractivity (Wildman–Crippen MR) is 167 cm³/mol. The normalized spacial score (nSPS) is 13.5. The van der Waals surface area contributed by atoms with Crippen LogP contribution < -0.4 is 9.80 Å². The van der Waals surface area contributed by atoms with Gasteiger partial charge in [0, 0.05) is 25.2 Å². The van der Waals surface area contributed by atoms with Gasteiger partial charge in [0.15, 0.2) is 0 Å². The van der Waals surface area contributed by atoms with Crippen molar-refractivity contribution in [3.05, 3.63) is 107 Å². The second kappa shape index (κ2) is 13.3. The van der Waals surface area contributed by atoms with E-state index in [4.69, 9.17) is 0 Å². The molecule has 0 aromatic heterocycles. The molecule has 0 radical (unpaired) electrons. The Balaban J connectivity index is 1.67. The summed E-state index contributed by atoms with van der Waals surface area (Å²) in [5.74, 6) is -0.718. The van der Waals surface area contributed by atoms with Gasteiger partial charge in [-0.15, -0.1) is 0 Å². The molecule has 3 aromatic carbocycles. The number of hydrogen-bond acceptors (Lipinski definition) is 5. The highest BCUT2D eigenvalue weighted by atomic mass is 16.3. The van der Waals surface area contributed by atoms with E-state index in [2.05, 4.69) is 39.8 Å². The second-order valence-corrected chi connectivity index (χ2v) is 11.0. The maximum absolute atomic E-state index is 14.0. The van der Waals surface area contributed by atoms with Crippen LogP contribution in [0.5, 0.6) is 17.2 Å². The minimum Gasteiger partial charge on any atom is -0.508 e. The van der Waals surface area contributed by atoms with Crippen LogP contribution in [0, 0.1) is 0 Å². The number of fused-ring (bicyclic) bond motifs is 2. The van der Waals surface area contributed by atoms with Crippen LogP contribution in [0.25, 0.3) is 0 Å². The van der Waals surface area contributed by atoms with Crippen LogP contribution in [-0.4, -0.2) is 27.8 Å². The molecule has 0 saturated heterocycles. The number of amides is 1. The highest BCUT2D eigenvalue weighted by Crippen LogP contribution is 2.50. The van der Waals surface area contributed by atoms with Crippen molar-refractivity contribution in [1.29, 1.82) is 0 Å². The van der Waals surface area contributed by atoms with Crippen molar-refractivity contribution >= 4 is 23.0 Å². The highest BCUT2D eigenvalue weighted by Gasteiger charge is 2.34. The first-order valence-electron chi connectivity index (χ1n) is 14.1. The van der Waals surface area contributed by atoms with Crippen molar-refractivity contribution in [3.63, 3.8) is 0 Å². The minimum absolute atomic E-state index is 0.0643. The van der Waals surface area contributed by atoms with Gasteiger partial charge in [0.25, 0.3) is 5.91 Å². The van der Waals surface area contributed by atoms with E-state index in [0.29, 0.717) is 29.2 Å². The molecule has 1 heterocycles. The van der Waals surface area contributed by atoms with Crippen molar-refractivity contribution in [3.8, 4) is 17.2 Å². The van der Waals surface area contributed by atoms with Gasteiger partial charge in [-0.05, 0) is 71.1 Å². The number of nitrogens with zero attached hydrogens (tertiary/aromatic N) is 2. The van der Waals surface area contributed by atoms with E-state index < -0.39 is 0 Å². The van der Waals surface area contributed by atoms with Gasteiger partial charge in [0.05, 0.1) is 16.9 Å². The molecule has 214 valence electrons. The Hall–Kier alpha value is -4.45. The number of rotatable bonds is 10. The zero-order valence-corrected chi connectivity index (χ0v) is 24.4. The van der Waals surface area contributed by atoms with Crippen LogP contribution in [0.2, 0.25) is 0 Å². The smallest absolute Gasteiger partial charge is 0.260 e. The van der Waals surface area contributed by atoms with Gasteiger partial charge in [0.2, 0.25) is 0 Å². The van der Waals surface area contributed by atoms with Crippen LogP contribution in [0.4, 0.5) is 17.1 Å². The minimum atomic E-state index is -0.322. The largest absolute Gasteiger partial charge is 0.508 e. The van der Waals surface area contributed by atoms with Gasteiger partial charge < -0.3 is 25.1 Å². The molecule has 0 bridgehead atoms. The van der Waals surface area contributed by atoms with Gasteiger partial charge in [-0.1, -0.05) is 71.3 Å². The highest BCUT2D eigenvalue weighted by molar-refractivity contribution is 6.15. The standard InChI is InChI=1S/C35H40N2O4/c1-24(2)11-8-12-25(3)13-9-14-26(4)19-20-36-30-21-28(38)22-32(40)34(30)37(23-27-15-6-5-7-16-27)33-29(35(36)41)17-10-18-31(33)39/h5-7,10-11,13,15-19,21-22,38-40H,8-9,12,14,20,23H2,1-4H3. The number of aromatic hydroxyl groups is 3. The molecular weight excluding hydrogens is 512 g/mol. The topological polar surface area (TPSA) is 84.2 Å². The number of benzene rings is 3. The molecule has 3 aromatic rings. The van der Waals surface area contributed by atoms with Gasteiger partial charge in [0.1, 0.15) is 22.9 Å². The molecule has 6 nitrogen and oxygen atoms in total. The van der Waals surface area contributed by atoms with Crippen LogP contribution in [0.1, 0.15) is 69.3 Å². The zero-order chi connectivity index (χ0) is 29.5. The molecule has 1 aliphatic rings. The summed E-state index contributed by atoms with van der Waals surface area (Å²) in [6, 6.07) is 17.3. The fourth-order valence-corrected chi connectivity index (χ4v) is 5.12. The third-order valence-electron chi connectivity index (χ3n) is 7.30. The molecule has 4 rings (SSSR count). The Labute approximate surface area is 243 Å². The Morgan fingerprint density at radius 2 is 1.41 bits per heavy atom. The lowest BCUT2D eigenvalue weighted by atomic mass is 10.1. The summed E-state index contributed by atoms with van der Waals surface area (Å²) in [7, 11) is 0. The molecule has 0 fully saturated rings. The molecule has 0 aliphatic carbocycles. The van der Waals surface area contributed by atoms with Crippen molar-refractivity contribution in [2.45, 2.75) is 59.9 Å². The quantitative estimate of drug-likeness (QED) is 0.220. The number of para-hydroxylation sites is 1. The fraction of sp³-hybridized carbons (Fsp3) is 0.286. The summed E-state index contributed by atoms with van der Waals surface area (Å²) in [4.78, 5) is 17.3. The SMILES string of the molecule is CC(C)=CCCC(C)=CCCC(C)=CCN1C(=O)c2cccc(O)c2N(Cc2ccccc2)c2c(O)cc(O)cc21. The third kappa shape index (κ3) is 7.20.